The number of carbonyl (C=O) groups excluding carboxylic acids is 1. The molecule has 0 atom stereocenters. The molecule has 3 aromatic heterocycles. The minimum absolute atomic E-state index is 0.0185. The van der Waals surface area contributed by atoms with Crippen LogP contribution in [-0.4, -0.2) is 37.4 Å². The van der Waals surface area contributed by atoms with Crippen molar-refractivity contribution >= 4 is 46.0 Å². The molecule has 0 unspecified atom stereocenters. The van der Waals surface area contributed by atoms with Crippen molar-refractivity contribution in [3.63, 3.8) is 0 Å². The van der Waals surface area contributed by atoms with E-state index in [0.29, 0.717) is 22.7 Å². The summed E-state index contributed by atoms with van der Waals surface area (Å²) >= 11 is 6.32. The van der Waals surface area contributed by atoms with E-state index in [9.17, 15) is 14.0 Å². The maximum atomic E-state index is 14.7. The van der Waals surface area contributed by atoms with Crippen molar-refractivity contribution in [3.05, 3.63) is 57.5 Å². The number of aromatic nitrogens is 5. The van der Waals surface area contributed by atoms with Crippen LogP contribution in [0.5, 0.6) is 0 Å². The van der Waals surface area contributed by atoms with Crippen molar-refractivity contribution in [2.24, 2.45) is 7.05 Å². The minimum Gasteiger partial charge on any atom is -0.357 e. The van der Waals surface area contributed by atoms with Crippen LogP contribution in [0.2, 0.25) is 5.02 Å². The van der Waals surface area contributed by atoms with E-state index in [4.69, 9.17) is 11.6 Å². The molecule has 0 aliphatic rings. The largest absolute Gasteiger partial charge is 0.357 e. The van der Waals surface area contributed by atoms with Gasteiger partial charge in [0.25, 0.3) is 5.56 Å². The van der Waals surface area contributed by atoms with Crippen LogP contribution < -0.4 is 21.5 Å². The van der Waals surface area contributed by atoms with Gasteiger partial charge in [0.15, 0.2) is 0 Å². The Labute approximate surface area is 211 Å². The average Bonchev–Trinajstić information content (AvgIpc) is 3.18. The summed E-state index contributed by atoms with van der Waals surface area (Å²) in [5.74, 6) is -0.383. The molecule has 4 rings (SSSR count). The fourth-order valence-electron chi connectivity index (χ4n) is 3.90. The Balaban J connectivity index is 1.69. The number of urea groups is 1. The molecule has 12 heteroatoms. The van der Waals surface area contributed by atoms with E-state index in [1.54, 1.807) is 31.0 Å². The maximum absolute atomic E-state index is 14.7. The number of nitrogens with zero attached hydrogens (tertiary/aromatic N) is 5. The lowest BCUT2D eigenvalue weighted by Crippen LogP contribution is -2.25. The molecule has 2 amide bonds. The number of amides is 2. The summed E-state index contributed by atoms with van der Waals surface area (Å²) < 4.78 is 17.9. The minimum atomic E-state index is -0.749. The number of fused-ring (bicyclic) bond motifs is 1. The van der Waals surface area contributed by atoms with Gasteiger partial charge < -0.3 is 16.0 Å². The molecule has 10 nitrogen and oxygen atoms in total. The molecule has 0 saturated heterocycles. The van der Waals surface area contributed by atoms with Crippen molar-refractivity contribution in [3.8, 4) is 11.1 Å². The third-order valence-electron chi connectivity index (χ3n) is 5.66. The predicted molar refractivity (Wildman–Crippen MR) is 139 cm³/mol. The molecule has 0 fully saturated rings. The van der Waals surface area contributed by atoms with Crippen molar-refractivity contribution in [1.29, 1.82) is 0 Å². The van der Waals surface area contributed by atoms with Crippen molar-refractivity contribution < 1.29 is 9.18 Å². The second kappa shape index (κ2) is 9.23. The molecule has 0 spiro atoms. The molecule has 0 aliphatic heterocycles. The molecule has 188 valence electrons. The molecule has 3 N–H and O–H groups in total. The quantitative estimate of drug-likeness (QED) is 0.363. The van der Waals surface area contributed by atoms with Gasteiger partial charge in [0.05, 0.1) is 33.8 Å². The van der Waals surface area contributed by atoms with Crippen LogP contribution in [0.15, 0.2) is 35.4 Å². The average molecular weight is 513 g/mol. The van der Waals surface area contributed by atoms with Gasteiger partial charge in [-0.2, -0.15) is 10.1 Å². The Morgan fingerprint density at radius 2 is 1.78 bits per heavy atom. The summed E-state index contributed by atoms with van der Waals surface area (Å²) in [6.07, 6.45) is 3.10. The molecule has 3 heterocycles. The second-order valence-electron chi connectivity index (χ2n) is 9.26. The summed E-state index contributed by atoms with van der Waals surface area (Å²) in [6, 6.07) is 3.30. The summed E-state index contributed by atoms with van der Waals surface area (Å²) in [4.78, 5) is 34.3. The molecular weight excluding hydrogens is 487 g/mol. The SMILES string of the molecule is CNc1ncc2cc(-c3cc(NC(=O)Nc4cnn(C(C)(C)C)c4C)c(F)cc3Cl)c(=O)n(C)c2n1. The van der Waals surface area contributed by atoms with Gasteiger partial charge >= 0.3 is 6.03 Å². The molecule has 36 heavy (non-hydrogen) atoms. The highest BCUT2D eigenvalue weighted by atomic mass is 35.5. The third-order valence-corrected chi connectivity index (χ3v) is 5.97. The zero-order chi connectivity index (χ0) is 26.4. The number of benzene rings is 1. The summed E-state index contributed by atoms with van der Waals surface area (Å²) in [7, 11) is 3.25. The van der Waals surface area contributed by atoms with Gasteiger partial charge in [-0.05, 0) is 45.9 Å². The Hall–Kier alpha value is -3.99. The third kappa shape index (κ3) is 4.61. The normalized spacial score (nSPS) is 11.6. The van der Waals surface area contributed by atoms with Gasteiger partial charge in [-0.15, -0.1) is 0 Å². The van der Waals surface area contributed by atoms with E-state index in [2.05, 4.69) is 31.0 Å². The van der Waals surface area contributed by atoms with Gasteiger partial charge in [0.2, 0.25) is 5.95 Å². The van der Waals surface area contributed by atoms with E-state index in [-0.39, 0.29) is 27.4 Å². The Morgan fingerprint density at radius 3 is 2.42 bits per heavy atom. The van der Waals surface area contributed by atoms with Crippen molar-refractivity contribution in [1.82, 2.24) is 24.3 Å². The fourth-order valence-corrected chi connectivity index (χ4v) is 4.15. The molecule has 0 bridgehead atoms. The van der Waals surface area contributed by atoms with Gasteiger partial charge in [-0.1, -0.05) is 11.6 Å². The number of aryl methyl sites for hydroxylation is 1. The summed E-state index contributed by atoms with van der Waals surface area (Å²) in [6.45, 7) is 7.80. The molecule has 0 aliphatic carbocycles. The highest BCUT2D eigenvalue weighted by Crippen LogP contribution is 2.32. The number of hydrogen-bond acceptors (Lipinski definition) is 6. The Morgan fingerprint density at radius 1 is 1.08 bits per heavy atom. The van der Waals surface area contributed by atoms with Gasteiger partial charge in [-0.3, -0.25) is 14.0 Å². The molecule has 1 aromatic carbocycles. The Kier molecular flexibility index (Phi) is 6.44. The standard InChI is InChI=1S/C24H26ClFN8O2/c1-12-19(11-29-34(12)24(2,3)4)31-23(36)30-18-8-14(16(25)9-17(18)26)15-7-13-10-28-22(27-5)32-20(13)33(6)21(15)35/h7-11H,1-6H3,(H,27,28,32)(H2,30,31,36). The second-order valence-corrected chi connectivity index (χ2v) is 9.67. The number of anilines is 3. The summed E-state index contributed by atoms with van der Waals surface area (Å²) in [5.41, 5.74) is 1.31. The van der Waals surface area contributed by atoms with E-state index in [1.807, 2.05) is 27.7 Å². The lowest BCUT2D eigenvalue weighted by Gasteiger charge is -2.21. The monoisotopic (exact) mass is 512 g/mol. The number of pyridine rings is 1. The predicted octanol–water partition coefficient (Wildman–Crippen LogP) is 4.73. The van der Waals surface area contributed by atoms with Gasteiger partial charge in [0.1, 0.15) is 11.5 Å². The number of rotatable bonds is 4. The van der Waals surface area contributed by atoms with Crippen LogP contribution in [0.3, 0.4) is 0 Å². The van der Waals surface area contributed by atoms with E-state index in [1.165, 1.54) is 16.8 Å². The van der Waals surface area contributed by atoms with Crippen LogP contribution in [0.1, 0.15) is 26.5 Å². The van der Waals surface area contributed by atoms with E-state index in [0.717, 1.165) is 11.8 Å². The zero-order valence-electron chi connectivity index (χ0n) is 20.7. The Bertz CT molecular complexity index is 1550. The number of nitrogens with one attached hydrogen (secondary N) is 3. The smallest absolute Gasteiger partial charge is 0.323 e. The van der Waals surface area contributed by atoms with Gasteiger partial charge in [-0.25, -0.2) is 14.2 Å². The molecule has 4 aromatic rings. The fraction of sp³-hybridized carbons (Fsp3) is 0.292. The van der Waals surface area contributed by atoms with Crippen molar-refractivity contribution in [2.75, 3.05) is 23.0 Å². The first-order valence-electron chi connectivity index (χ1n) is 11.1. The number of halogens is 2. The van der Waals surface area contributed by atoms with Crippen LogP contribution in [-0.2, 0) is 12.6 Å². The molecule has 0 saturated carbocycles. The maximum Gasteiger partial charge on any atom is 0.323 e. The first-order valence-corrected chi connectivity index (χ1v) is 11.5. The van der Waals surface area contributed by atoms with Crippen LogP contribution in [0.25, 0.3) is 22.2 Å². The molecular formula is C24H26ClFN8O2. The lowest BCUT2D eigenvalue weighted by molar-refractivity contribution is 0.262. The number of hydrogen-bond donors (Lipinski definition) is 3. The molecule has 0 radical (unpaired) electrons. The zero-order valence-corrected chi connectivity index (χ0v) is 21.5. The highest BCUT2D eigenvalue weighted by Gasteiger charge is 2.21. The van der Waals surface area contributed by atoms with E-state index >= 15 is 0 Å². The van der Waals surface area contributed by atoms with E-state index < -0.39 is 17.4 Å². The van der Waals surface area contributed by atoms with Crippen LogP contribution >= 0.6 is 11.6 Å². The topological polar surface area (TPSA) is 119 Å². The van der Waals surface area contributed by atoms with Crippen LogP contribution in [0, 0.1) is 12.7 Å². The lowest BCUT2D eigenvalue weighted by atomic mass is 10.0. The van der Waals surface area contributed by atoms with Crippen molar-refractivity contribution in [2.45, 2.75) is 33.2 Å². The first-order chi connectivity index (χ1) is 16.9. The van der Waals surface area contributed by atoms with Gasteiger partial charge in [0, 0.05) is 36.8 Å². The summed E-state index contributed by atoms with van der Waals surface area (Å²) in [5, 5.41) is 12.9. The highest BCUT2D eigenvalue weighted by molar-refractivity contribution is 6.33. The van der Waals surface area contributed by atoms with Crippen LogP contribution in [0.4, 0.5) is 26.5 Å². The first kappa shape index (κ1) is 25.1. The number of carbonyl (C=O) groups is 1.